The lowest BCUT2D eigenvalue weighted by atomic mass is 10.1. The molecule has 0 atom stereocenters. The largest absolute Gasteiger partial charge is 0.493 e. The maximum absolute atomic E-state index is 13.3. The van der Waals surface area contributed by atoms with Crippen LogP contribution in [0.5, 0.6) is 11.5 Å². The summed E-state index contributed by atoms with van der Waals surface area (Å²) >= 11 is 0. The quantitative estimate of drug-likeness (QED) is 0.141. The van der Waals surface area contributed by atoms with Crippen LogP contribution in [0.1, 0.15) is 51.8 Å². The van der Waals surface area contributed by atoms with Gasteiger partial charge in [0.25, 0.3) is 17.7 Å². The number of carbonyl (C=O) groups is 4. The highest BCUT2D eigenvalue weighted by atomic mass is 16.6. The van der Waals surface area contributed by atoms with Gasteiger partial charge in [0.1, 0.15) is 5.60 Å². The lowest BCUT2D eigenvalue weighted by Crippen LogP contribution is -2.51. The number of hydrogen-bond acceptors (Lipinski definition) is 15. The van der Waals surface area contributed by atoms with E-state index in [4.69, 9.17) is 28.8 Å². The maximum atomic E-state index is 13.3. The van der Waals surface area contributed by atoms with Crippen LogP contribution in [-0.2, 0) is 4.74 Å². The number of carbonyl (C=O) groups excluding carboxylic acids is 4. The van der Waals surface area contributed by atoms with Crippen molar-refractivity contribution in [3.05, 3.63) is 108 Å². The predicted molar refractivity (Wildman–Crippen MR) is 249 cm³/mol. The normalized spacial score (nSPS) is 14.0. The summed E-state index contributed by atoms with van der Waals surface area (Å²) in [5, 5.41) is 6.13. The monoisotopic (exact) mass is 910 g/mol. The van der Waals surface area contributed by atoms with E-state index in [9.17, 15) is 19.2 Å². The molecule has 4 amide bonds. The van der Waals surface area contributed by atoms with Gasteiger partial charge in [-0.15, -0.1) is 0 Å². The fourth-order valence-electron chi connectivity index (χ4n) is 7.46. The van der Waals surface area contributed by atoms with E-state index in [0.29, 0.717) is 124 Å². The molecule has 0 radical (unpaired) electrons. The molecule has 346 valence electrons. The Kier molecular flexibility index (Phi) is 13.3. The highest BCUT2D eigenvalue weighted by molar-refractivity contribution is 6.06. The van der Waals surface area contributed by atoms with Crippen molar-refractivity contribution >= 4 is 57.6 Å². The summed E-state index contributed by atoms with van der Waals surface area (Å²) in [6.45, 7) is 9.78. The fourth-order valence-corrected chi connectivity index (χ4v) is 7.46. The predicted octanol–water partition coefficient (Wildman–Crippen LogP) is 6.37. The minimum absolute atomic E-state index is 0.130. The molecule has 4 aromatic heterocycles. The number of aromatic nitrogens is 4. The number of amides is 4. The first-order chi connectivity index (χ1) is 32.2. The topological polar surface area (TPSA) is 234 Å². The fraction of sp³-hybridized carbons (Fsp3) is 0.292. The number of pyridine rings is 2. The van der Waals surface area contributed by atoms with Gasteiger partial charge in [-0.1, -0.05) is 0 Å². The smallest absolute Gasteiger partial charge is 0.410 e. The van der Waals surface area contributed by atoms with Gasteiger partial charge < -0.3 is 54.1 Å². The summed E-state index contributed by atoms with van der Waals surface area (Å²) in [5.41, 5.74) is 10.8. The summed E-state index contributed by atoms with van der Waals surface area (Å²) in [6.07, 6.45) is 2.91. The van der Waals surface area contributed by atoms with Crippen LogP contribution in [0.25, 0.3) is 45.4 Å². The van der Waals surface area contributed by atoms with Crippen molar-refractivity contribution in [3.63, 3.8) is 0 Å². The number of ether oxygens (including phenoxy) is 3. The van der Waals surface area contributed by atoms with Crippen molar-refractivity contribution in [2.45, 2.75) is 26.4 Å². The molecule has 2 fully saturated rings. The lowest BCUT2D eigenvalue weighted by Gasteiger charge is -2.35. The van der Waals surface area contributed by atoms with Crippen molar-refractivity contribution in [2.24, 2.45) is 0 Å². The van der Waals surface area contributed by atoms with E-state index in [1.54, 1.807) is 106 Å². The number of oxazole rings is 2. The van der Waals surface area contributed by atoms with Crippen molar-refractivity contribution in [1.82, 2.24) is 40.0 Å². The summed E-state index contributed by atoms with van der Waals surface area (Å²) in [4.78, 5) is 74.1. The summed E-state index contributed by atoms with van der Waals surface area (Å²) < 4.78 is 27.6. The Hall–Kier alpha value is -8.06. The number of nitrogens with two attached hydrogens (primary N) is 1. The average Bonchev–Trinajstić information content (AvgIpc) is 3.99. The Bertz CT molecular complexity index is 2880. The van der Waals surface area contributed by atoms with Crippen molar-refractivity contribution < 1.29 is 42.2 Å². The molecule has 7 aromatic rings. The van der Waals surface area contributed by atoms with E-state index in [1.165, 1.54) is 14.2 Å². The number of hydrogen-bond donors (Lipinski definition) is 3. The second kappa shape index (κ2) is 19.6. The van der Waals surface area contributed by atoms with Crippen LogP contribution in [0.2, 0.25) is 0 Å². The van der Waals surface area contributed by atoms with E-state index in [-0.39, 0.29) is 23.8 Å². The van der Waals surface area contributed by atoms with Crippen LogP contribution in [0.3, 0.4) is 0 Å². The number of fused-ring (bicyclic) bond motifs is 2. The van der Waals surface area contributed by atoms with Gasteiger partial charge in [0.05, 0.1) is 14.2 Å². The molecule has 67 heavy (non-hydrogen) atoms. The number of benzene rings is 3. The zero-order valence-corrected chi connectivity index (χ0v) is 37.7. The first-order valence-corrected chi connectivity index (χ1v) is 21.6. The third-order valence-electron chi connectivity index (χ3n) is 10.7. The molecule has 0 bridgehead atoms. The van der Waals surface area contributed by atoms with E-state index in [2.05, 4.69) is 30.6 Å². The second-order valence-corrected chi connectivity index (χ2v) is 16.7. The lowest BCUT2D eigenvalue weighted by molar-refractivity contribution is 0.0141. The van der Waals surface area contributed by atoms with Gasteiger partial charge in [-0.05, 0) is 99.6 Å². The molecule has 4 N–H and O–H groups in total. The summed E-state index contributed by atoms with van der Waals surface area (Å²) in [7, 11) is 3.04. The zero-order valence-electron chi connectivity index (χ0n) is 37.7. The van der Waals surface area contributed by atoms with Gasteiger partial charge in [-0.2, -0.15) is 9.97 Å². The zero-order chi connectivity index (χ0) is 47.2. The second-order valence-electron chi connectivity index (χ2n) is 16.7. The number of anilines is 2. The number of nitrogen functional groups attached to an aromatic ring is 1. The van der Waals surface area contributed by atoms with Gasteiger partial charge in [0.2, 0.25) is 11.8 Å². The van der Waals surface area contributed by atoms with Gasteiger partial charge >= 0.3 is 6.09 Å². The molecule has 0 unspecified atom stereocenters. The number of rotatable bonds is 8. The highest BCUT2D eigenvalue weighted by Crippen LogP contribution is 2.31. The van der Waals surface area contributed by atoms with Gasteiger partial charge in [0, 0.05) is 104 Å². The minimum Gasteiger partial charge on any atom is -0.493 e. The molecule has 0 aliphatic carbocycles. The highest BCUT2D eigenvalue weighted by Gasteiger charge is 2.29. The van der Waals surface area contributed by atoms with Crippen LogP contribution in [0.4, 0.5) is 16.2 Å². The number of nitrogens with one attached hydrogen (secondary N) is 2. The average molecular weight is 911 g/mol. The first-order valence-electron chi connectivity index (χ1n) is 21.6. The molecular formula is C48H50N10O9. The van der Waals surface area contributed by atoms with Crippen molar-refractivity contribution in [1.29, 1.82) is 0 Å². The van der Waals surface area contributed by atoms with E-state index < -0.39 is 5.60 Å². The Morgan fingerprint density at radius 2 is 1.21 bits per heavy atom. The summed E-state index contributed by atoms with van der Waals surface area (Å²) in [6, 6.07) is 22.1. The van der Waals surface area contributed by atoms with E-state index in [0.717, 1.165) is 13.1 Å². The molecule has 0 saturated carbocycles. The number of nitrogens with zero attached hydrogens (tertiary/aromatic N) is 7. The Morgan fingerprint density at radius 1 is 0.657 bits per heavy atom. The first kappa shape index (κ1) is 45.5. The maximum Gasteiger partial charge on any atom is 0.410 e. The van der Waals surface area contributed by atoms with E-state index >= 15 is 0 Å². The van der Waals surface area contributed by atoms with E-state index in [1.807, 2.05) is 20.8 Å². The third kappa shape index (κ3) is 10.7. The molecule has 2 aliphatic rings. The molecule has 2 aliphatic heterocycles. The van der Waals surface area contributed by atoms with Gasteiger partial charge in [0.15, 0.2) is 34.0 Å². The molecular weight excluding hydrogens is 861 g/mol. The molecule has 3 aromatic carbocycles. The van der Waals surface area contributed by atoms with Crippen LogP contribution in [0.15, 0.2) is 100 Å². The molecule has 2 saturated heterocycles. The van der Waals surface area contributed by atoms with Crippen LogP contribution in [-0.4, -0.2) is 131 Å². The molecule has 0 spiro atoms. The van der Waals surface area contributed by atoms with Crippen molar-refractivity contribution in [3.8, 4) is 34.4 Å². The molecule has 19 nitrogen and oxygen atoms in total. The summed E-state index contributed by atoms with van der Waals surface area (Å²) in [5.74, 6) is 0.954. The standard InChI is InChI=1S/C26H25N5O5.C22H25N5O4/c1-34-20-6-5-16(15-22(20)35-2)24(32)29-19-13-17(25-30-23-21(36-25)4-3-7-28-23)12-18(14-19)26(33)31-10-8-27-9-11-31;1-22(2,3)31-21(29)27-9-7-26(8-10-27)20(28)15-11-14(12-16(23)13-15)19-25-18-17(30-19)5-4-6-24-18/h3-7,12-15,27H,8-11H2,1-2H3,(H,29,32);4-6,11-13H,7-10,23H2,1-3H3. The minimum atomic E-state index is -0.553. The van der Waals surface area contributed by atoms with Crippen LogP contribution in [0, 0.1) is 0 Å². The number of methoxy groups -OCH3 is 2. The van der Waals surface area contributed by atoms with Gasteiger partial charge in [-0.25, -0.2) is 14.8 Å². The van der Waals surface area contributed by atoms with Crippen LogP contribution >= 0.6 is 0 Å². The SMILES string of the molecule is CC(C)(C)OC(=O)N1CCN(C(=O)c2cc(N)cc(-c3nc4ncccc4o3)c2)CC1.COc1ccc(C(=O)Nc2cc(C(=O)N3CCNCC3)cc(-c3nc4ncccc4o3)c2)cc1OC. The van der Waals surface area contributed by atoms with Crippen molar-refractivity contribution in [2.75, 3.05) is 77.6 Å². The Morgan fingerprint density at radius 3 is 1.78 bits per heavy atom. The molecule has 6 heterocycles. The Balaban J connectivity index is 0.000000184. The van der Waals surface area contributed by atoms with Gasteiger partial charge in [-0.3, -0.25) is 14.4 Å². The molecule has 19 heteroatoms. The molecule has 9 rings (SSSR count). The Labute approximate surface area is 385 Å². The van der Waals surface area contributed by atoms with Crippen LogP contribution < -0.4 is 25.8 Å². The number of piperazine rings is 2. The third-order valence-corrected chi connectivity index (χ3v) is 10.7.